The van der Waals surface area contributed by atoms with E-state index in [1.54, 1.807) is 0 Å². The van der Waals surface area contributed by atoms with Gasteiger partial charge >= 0.3 is 5.97 Å². The van der Waals surface area contributed by atoms with Gasteiger partial charge in [0.05, 0.1) is 0 Å². The third-order valence-corrected chi connectivity index (χ3v) is 2.85. The lowest BCUT2D eigenvalue weighted by molar-refractivity contribution is -0.137. The molecule has 0 bridgehead atoms. The summed E-state index contributed by atoms with van der Waals surface area (Å²) in [5, 5.41) is 11.4. The minimum Gasteiger partial charge on any atom is -0.481 e. The molecular weight excluding hydrogens is 232 g/mol. The highest BCUT2D eigenvalue weighted by Crippen LogP contribution is 2.10. The topological polar surface area (TPSA) is 71.3 Å². The van der Waals surface area contributed by atoms with Gasteiger partial charge in [0, 0.05) is 37.3 Å². The third kappa shape index (κ3) is 4.61. The van der Waals surface area contributed by atoms with E-state index in [-0.39, 0.29) is 12.5 Å². The smallest absolute Gasteiger partial charge is 0.303 e. The SMILES string of the molecule is CCCn1cccc1CC(CCC(=O)O)NC=O. The van der Waals surface area contributed by atoms with Crippen LogP contribution in [-0.2, 0) is 22.6 Å². The molecule has 1 aromatic heterocycles. The van der Waals surface area contributed by atoms with Gasteiger partial charge in [0.1, 0.15) is 0 Å². The standard InChI is InChI=1S/C13H20N2O3/c1-2-7-15-8-3-4-12(15)9-11(14-10-16)5-6-13(17)18/h3-4,8,10-11H,2,5-7,9H2,1H3,(H,14,16)(H,17,18). The van der Waals surface area contributed by atoms with E-state index < -0.39 is 5.97 Å². The van der Waals surface area contributed by atoms with Crippen LogP contribution < -0.4 is 5.32 Å². The summed E-state index contributed by atoms with van der Waals surface area (Å²) >= 11 is 0. The number of carbonyl (C=O) groups excluding carboxylic acids is 1. The minimum atomic E-state index is -0.836. The van der Waals surface area contributed by atoms with E-state index in [0.717, 1.165) is 18.7 Å². The molecule has 0 spiro atoms. The molecule has 0 saturated carbocycles. The fraction of sp³-hybridized carbons (Fsp3) is 0.538. The molecule has 0 radical (unpaired) electrons. The second-order valence-corrected chi connectivity index (χ2v) is 4.31. The number of amides is 1. The second-order valence-electron chi connectivity index (χ2n) is 4.31. The van der Waals surface area contributed by atoms with Gasteiger partial charge in [-0.25, -0.2) is 0 Å². The van der Waals surface area contributed by atoms with Crippen LogP contribution in [0.4, 0.5) is 0 Å². The largest absolute Gasteiger partial charge is 0.481 e. The van der Waals surface area contributed by atoms with E-state index in [4.69, 9.17) is 5.11 Å². The van der Waals surface area contributed by atoms with Gasteiger partial charge in [-0.3, -0.25) is 9.59 Å². The summed E-state index contributed by atoms with van der Waals surface area (Å²) in [6, 6.07) is 3.86. The molecule has 1 atom stereocenters. The first-order valence-corrected chi connectivity index (χ1v) is 6.22. The van der Waals surface area contributed by atoms with Crippen LogP contribution in [0.3, 0.4) is 0 Å². The number of aryl methyl sites for hydroxylation is 1. The van der Waals surface area contributed by atoms with Gasteiger partial charge in [-0.05, 0) is 25.0 Å². The summed E-state index contributed by atoms with van der Waals surface area (Å²) in [7, 11) is 0. The molecule has 1 heterocycles. The van der Waals surface area contributed by atoms with Crippen molar-refractivity contribution in [3.63, 3.8) is 0 Å². The fourth-order valence-corrected chi connectivity index (χ4v) is 1.98. The molecule has 5 heteroatoms. The van der Waals surface area contributed by atoms with E-state index in [2.05, 4.69) is 16.8 Å². The fourth-order valence-electron chi connectivity index (χ4n) is 1.98. The van der Waals surface area contributed by atoms with Crippen LogP contribution in [-0.4, -0.2) is 28.1 Å². The molecular formula is C13H20N2O3. The number of hydrogen-bond donors (Lipinski definition) is 2. The van der Waals surface area contributed by atoms with Gasteiger partial charge in [-0.1, -0.05) is 6.92 Å². The molecule has 5 nitrogen and oxygen atoms in total. The number of carboxylic acids is 1. The lowest BCUT2D eigenvalue weighted by atomic mass is 10.1. The molecule has 18 heavy (non-hydrogen) atoms. The molecule has 0 aromatic carbocycles. The Balaban J connectivity index is 2.60. The average molecular weight is 252 g/mol. The van der Waals surface area contributed by atoms with E-state index in [1.165, 1.54) is 0 Å². The molecule has 1 aromatic rings. The van der Waals surface area contributed by atoms with Crippen LogP contribution in [0, 0.1) is 0 Å². The van der Waals surface area contributed by atoms with Gasteiger partial charge in [0.2, 0.25) is 6.41 Å². The molecule has 1 unspecified atom stereocenters. The molecule has 0 fully saturated rings. The van der Waals surface area contributed by atoms with Gasteiger partial charge in [0.15, 0.2) is 0 Å². The Kier molecular flexibility index (Phi) is 5.97. The molecule has 0 aliphatic carbocycles. The number of hydrogen-bond acceptors (Lipinski definition) is 2. The number of rotatable bonds is 9. The molecule has 1 amide bonds. The van der Waals surface area contributed by atoms with E-state index in [1.807, 2.05) is 18.3 Å². The normalized spacial score (nSPS) is 12.1. The number of carboxylic acid groups (broad SMARTS) is 1. The first kappa shape index (κ1) is 14.3. The Morgan fingerprint density at radius 3 is 3.00 bits per heavy atom. The Bertz CT molecular complexity index is 387. The van der Waals surface area contributed by atoms with Gasteiger partial charge < -0.3 is 15.0 Å². The molecule has 0 aliphatic rings. The second kappa shape index (κ2) is 7.53. The Hall–Kier alpha value is -1.78. The first-order valence-electron chi connectivity index (χ1n) is 6.22. The highest BCUT2D eigenvalue weighted by molar-refractivity contribution is 5.66. The zero-order valence-corrected chi connectivity index (χ0v) is 10.6. The van der Waals surface area contributed by atoms with Crippen LogP contribution in [0.1, 0.15) is 31.9 Å². The Morgan fingerprint density at radius 2 is 2.39 bits per heavy atom. The quantitative estimate of drug-likeness (QED) is 0.653. The molecule has 0 saturated heterocycles. The van der Waals surface area contributed by atoms with Crippen molar-refractivity contribution in [2.75, 3.05) is 0 Å². The third-order valence-electron chi connectivity index (χ3n) is 2.85. The number of aliphatic carboxylic acids is 1. The summed E-state index contributed by atoms with van der Waals surface area (Å²) in [6.45, 7) is 3.05. The van der Waals surface area contributed by atoms with Crippen molar-refractivity contribution in [3.05, 3.63) is 24.0 Å². The first-order chi connectivity index (χ1) is 8.67. The van der Waals surface area contributed by atoms with Crippen LogP contribution in [0.25, 0.3) is 0 Å². The lowest BCUT2D eigenvalue weighted by Gasteiger charge is -2.16. The average Bonchev–Trinajstić information content (AvgIpc) is 2.74. The summed E-state index contributed by atoms with van der Waals surface area (Å²) in [5.74, 6) is -0.836. The Labute approximate surface area is 107 Å². The summed E-state index contributed by atoms with van der Waals surface area (Å²) in [6.07, 6.45) is 4.88. The summed E-state index contributed by atoms with van der Waals surface area (Å²) in [5.41, 5.74) is 1.13. The summed E-state index contributed by atoms with van der Waals surface area (Å²) < 4.78 is 2.14. The summed E-state index contributed by atoms with van der Waals surface area (Å²) in [4.78, 5) is 21.1. The van der Waals surface area contributed by atoms with Crippen molar-refractivity contribution in [2.45, 2.75) is 45.2 Å². The zero-order valence-electron chi connectivity index (χ0n) is 10.6. The maximum atomic E-state index is 10.6. The minimum absolute atomic E-state index is 0.0694. The predicted octanol–water partition coefficient (Wildman–Crippen LogP) is 1.42. The van der Waals surface area contributed by atoms with E-state index in [9.17, 15) is 9.59 Å². The highest BCUT2D eigenvalue weighted by Gasteiger charge is 2.12. The van der Waals surface area contributed by atoms with Crippen LogP contribution in [0.5, 0.6) is 0 Å². The lowest BCUT2D eigenvalue weighted by Crippen LogP contribution is -2.31. The van der Waals surface area contributed by atoms with Gasteiger partial charge in [-0.15, -0.1) is 0 Å². The van der Waals surface area contributed by atoms with Crippen LogP contribution in [0.2, 0.25) is 0 Å². The zero-order chi connectivity index (χ0) is 13.4. The Morgan fingerprint density at radius 1 is 1.61 bits per heavy atom. The van der Waals surface area contributed by atoms with E-state index >= 15 is 0 Å². The van der Waals surface area contributed by atoms with Crippen molar-refractivity contribution in [1.82, 2.24) is 9.88 Å². The maximum Gasteiger partial charge on any atom is 0.303 e. The van der Waals surface area contributed by atoms with Crippen LogP contribution in [0.15, 0.2) is 18.3 Å². The molecule has 0 aliphatic heterocycles. The maximum absolute atomic E-state index is 10.6. The van der Waals surface area contributed by atoms with Crippen LogP contribution >= 0.6 is 0 Å². The molecule has 2 N–H and O–H groups in total. The van der Waals surface area contributed by atoms with Crippen molar-refractivity contribution >= 4 is 12.4 Å². The van der Waals surface area contributed by atoms with Gasteiger partial charge in [-0.2, -0.15) is 0 Å². The van der Waals surface area contributed by atoms with Crippen molar-refractivity contribution in [2.24, 2.45) is 0 Å². The van der Waals surface area contributed by atoms with Crippen molar-refractivity contribution in [3.8, 4) is 0 Å². The molecule has 1 rings (SSSR count). The predicted molar refractivity (Wildman–Crippen MR) is 68.3 cm³/mol. The number of aromatic nitrogens is 1. The van der Waals surface area contributed by atoms with Crippen molar-refractivity contribution in [1.29, 1.82) is 0 Å². The van der Waals surface area contributed by atoms with Gasteiger partial charge in [0.25, 0.3) is 0 Å². The number of nitrogens with one attached hydrogen (secondary N) is 1. The highest BCUT2D eigenvalue weighted by atomic mass is 16.4. The molecule has 100 valence electrons. The van der Waals surface area contributed by atoms with Crippen molar-refractivity contribution < 1.29 is 14.7 Å². The van der Waals surface area contributed by atoms with E-state index in [0.29, 0.717) is 19.3 Å². The monoisotopic (exact) mass is 252 g/mol. The number of nitrogens with zero attached hydrogens (tertiary/aromatic N) is 1. The number of carbonyl (C=O) groups is 2.